The Hall–Kier alpha value is -3.46. The summed E-state index contributed by atoms with van der Waals surface area (Å²) in [6.45, 7) is 3.89. The van der Waals surface area contributed by atoms with E-state index >= 15 is 0 Å². The monoisotopic (exact) mass is 468 g/mol. The van der Waals surface area contributed by atoms with Crippen molar-refractivity contribution in [1.82, 2.24) is 15.6 Å². The maximum Gasteiger partial charge on any atom is 0.408 e. The van der Waals surface area contributed by atoms with Crippen molar-refractivity contribution in [2.24, 2.45) is 5.73 Å². The third-order valence-electron chi connectivity index (χ3n) is 4.87. The second-order valence-corrected chi connectivity index (χ2v) is 9.48. The number of benzene rings is 2. The second-order valence-electron chi connectivity index (χ2n) is 7.80. The van der Waals surface area contributed by atoms with Crippen molar-refractivity contribution in [2.75, 3.05) is 0 Å². The minimum atomic E-state index is -0.946. The van der Waals surface area contributed by atoms with Crippen molar-refractivity contribution in [3.63, 3.8) is 0 Å². The quantitative estimate of drug-likeness (QED) is 0.340. The van der Waals surface area contributed by atoms with E-state index in [1.165, 1.54) is 11.8 Å². The maximum atomic E-state index is 13.0. The molecule has 33 heavy (non-hydrogen) atoms. The SMILES string of the molecule is CC(C)SC(NC(=O)OCc1ccccc1)C(=O)N[C@@H](Cc1c[nH]c2ccccc12)C(N)=O. The maximum absolute atomic E-state index is 13.0. The van der Waals surface area contributed by atoms with Gasteiger partial charge >= 0.3 is 6.09 Å². The fourth-order valence-electron chi connectivity index (χ4n) is 3.30. The number of nitrogens with one attached hydrogen (secondary N) is 3. The van der Waals surface area contributed by atoms with Crippen LogP contribution in [-0.4, -0.2) is 39.6 Å². The van der Waals surface area contributed by atoms with E-state index < -0.39 is 29.3 Å². The number of H-pyrrole nitrogens is 1. The van der Waals surface area contributed by atoms with E-state index in [0.717, 1.165) is 22.0 Å². The number of hydrogen-bond acceptors (Lipinski definition) is 5. The molecule has 3 amide bonds. The molecule has 5 N–H and O–H groups in total. The molecule has 3 rings (SSSR count). The lowest BCUT2D eigenvalue weighted by Gasteiger charge is -2.22. The first-order valence-corrected chi connectivity index (χ1v) is 11.5. The lowest BCUT2D eigenvalue weighted by atomic mass is 10.0. The molecular weight excluding hydrogens is 440 g/mol. The molecule has 0 saturated heterocycles. The van der Waals surface area contributed by atoms with E-state index in [-0.39, 0.29) is 18.3 Å². The summed E-state index contributed by atoms with van der Waals surface area (Å²) in [6, 6.07) is 16.0. The van der Waals surface area contributed by atoms with Gasteiger partial charge in [0, 0.05) is 28.8 Å². The van der Waals surface area contributed by atoms with Crippen LogP contribution in [0.15, 0.2) is 60.8 Å². The van der Waals surface area contributed by atoms with Crippen molar-refractivity contribution in [2.45, 2.75) is 43.5 Å². The van der Waals surface area contributed by atoms with Crippen LogP contribution in [0, 0.1) is 0 Å². The van der Waals surface area contributed by atoms with Crippen LogP contribution in [0.5, 0.6) is 0 Å². The average molecular weight is 469 g/mol. The number of hydrogen-bond donors (Lipinski definition) is 4. The molecule has 1 aromatic heterocycles. The molecular formula is C24H28N4O4S. The fraction of sp³-hybridized carbons (Fsp3) is 0.292. The number of primary amides is 1. The molecule has 0 aliphatic heterocycles. The van der Waals surface area contributed by atoms with Crippen LogP contribution in [0.3, 0.4) is 0 Å². The summed E-state index contributed by atoms with van der Waals surface area (Å²) in [4.78, 5) is 40.5. The standard InChI is InChI=1S/C24H28N4O4S/c1-15(2)33-23(28-24(31)32-14-16-8-4-3-5-9-16)22(30)27-20(21(25)29)12-17-13-26-19-11-7-6-10-18(17)19/h3-11,13,15,20,23,26H,12,14H2,1-2H3,(H2,25,29)(H,27,30)(H,28,31)/t20-,23?/m0/s1. The summed E-state index contributed by atoms with van der Waals surface area (Å²) in [5.41, 5.74) is 8.20. The summed E-state index contributed by atoms with van der Waals surface area (Å²) in [5, 5.41) is 5.31. The highest BCUT2D eigenvalue weighted by molar-refractivity contribution is 8.01. The largest absolute Gasteiger partial charge is 0.445 e. The summed E-state index contributed by atoms with van der Waals surface area (Å²) in [5.74, 6) is -1.18. The van der Waals surface area contributed by atoms with Crippen molar-refractivity contribution in [3.8, 4) is 0 Å². The molecule has 1 unspecified atom stereocenters. The normalized spacial score (nSPS) is 12.8. The van der Waals surface area contributed by atoms with Crippen molar-refractivity contribution in [1.29, 1.82) is 0 Å². The number of carbonyl (C=O) groups excluding carboxylic acids is 3. The highest BCUT2D eigenvalue weighted by atomic mass is 32.2. The molecule has 0 saturated carbocycles. The van der Waals surface area contributed by atoms with Gasteiger partial charge in [0.25, 0.3) is 5.91 Å². The molecule has 2 atom stereocenters. The Bertz CT molecular complexity index is 1100. The number of amides is 3. The van der Waals surface area contributed by atoms with Gasteiger partial charge in [0.05, 0.1) is 0 Å². The minimum absolute atomic E-state index is 0.0378. The smallest absolute Gasteiger partial charge is 0.408 e. The number of thioether (sulfide) groups is 1. The fourth-order valence-corrected chi connectivity index (χ4v) is 4.20. The van der Waals surface area contributed by atoms with E-state index in [2.05, 4.69) is 15.6 Å². The molecule has 3 aromatic rings. The van der Waals surface area contributed by atoms with Crippen LogP contribution in [0.2, 0.25) is 0 Å². The highest BCUT2D eigenvalue weighted by Gasteiger charge is 2.28. The number of aromatic nitrogens is 1. The number of aromatic amines is 1. The molecule has 0 spiro atoms. The predicted molar refractivity (Wildman–Crippen MR) is 129 cm³/mol. The molecule has 8 nitrogen and oxygen atoms in total. The van der Waals surface area contributed by atoms with Crippen molar-refractivity contribution >= 4 is 40.6 Å². The third kappa shape index (κ3) is 7.01. The molecule has 0 aliphatic carbocycles. The zero-order chi connectivity index (χ0) is 23.8. The van der Waals surface area contributed by atoms with Gasteiger partial charge in [-0.3, -0.25) is 9.59 Å². The highest BCUT2D eigenvalue weighted by Crippen LogP contribution is 2.20. The summed E-state index contributed by atoms with van der Waals surface area (Å²) in [7, 11) is 0. The summed E-state index contributed by atoms with van der Waals surface area (Å²) < 4.78 is 5.24. The summed E-state index contributed by atoms with van der Waals surface area (Å²) in [6.07, 6.45) is 1.30. The second kappa shape index (κ2) is 11.4. The van der Waals surface area contributed by atoms with Crippen LogP contribution in [0.25, 0.3) is 10.9 Å². The van der Waals surface area contributed by atoms with Gasteiger partial charge in [-0.2, -0.15) is 0 Å². The Morgan fingerprint density at radius 3 is 2.42 bits per heavy atom. The first-order chi connectivity index (χ1) is 15.8. The number of alkyl carbamates (subject to hydrolysis) is 1. The molecule has 174 valence electrons. The summed E-state index contributed by atoms with van der Waals surface area (Å²) >= 11 is 1.24. The Morgan fingerprint density at radius 1 is 1.03 bits per heavy atom. The lowest BCUT2D eigenvalue weighted by molar-refractivity contribution is -0.127. The molecule has 0 aliphatic rings. The van der Waals surface area contributed by atoms with Gasteiger partial charge < -0.3 is 26.1 Å². The van der Waals surface area contributed by atoms with Crippen LogP contribution in [0.1, 0.15) is 25.0 Å². The van der Waals surface area contributed by atoms with E-state index in [9.17, 15) is 14.4 Å². The molecule has 1 heterocycles. The topological polar surface area (TPSA) is 126 Å². The Kier molecular flexibility index (Phi) is 8.37. The number of rotatable bonds is 10. The molecule has 0 bridgehead atoms. The Morgan fingerprint density at radius 2 is 1.73 bits per heavy atom. The Labute approximate surface area is 196 Å². The van der Waals surface area contributed by atoms with Crippen molar-refractivity contribution < 1.29 is 19.1 Å². The molecule has 2 aromatic carbocycles. The van der Waals surface area contributed by atoms with Crippen LogP contribution >= 0.6 is 11.8 Å². The van der Waals surface area contributed by atoms with Gasteiger partial charge in [0.15, 0.2) is 5.37 Å². The van der Waals surface area contributed by atoms with Crippen LogP contribution in [0.4, 0.5) is 4.79 Å². The van der Waals surface area contributed by atoms with Gasteiger partial charge in [0.2, 0.25) is 5.91 Å². The molecule has 0 fully saturated rings. The number of nitrogens with two attached hydrogens (primary N) is 1. The van der Waals surface area contributed by atoms with E-state index in [0.29, 0.717) is 0 Å². The molecule has 9 heteroatoms. The first kappa shape index (κ1) is 24.2. The van der Waals surface area contributed by atoms with E-state index in [1.807, 2.05) is 68.4 Å². The Balaban J connectivity index is 1.65. The van der Waals surface area contributed by atoms with Crippen molar-refractivity contribution in [3.05, 3.63) is 71.9 Å². The van der Waals surface area contributed by atoms with Gasteiger partial charge in [0.1, 0.15) is 12.6 Å². The van der Waals surface area contributed by atoms with Gasteiger partial charge in [-0.15, -0.1) is 11.8 Å². The average Bonchev–Trinajstić information content (AvgIpc) is 3.20. The van der Waals surface area contributed by atoms with Gasteiger partial charge in [-0.1, -0.05) is 62.4 Å². The zero-order valence-electron chi connectivity index (χ0n) is 18.5. The van der Waals surface area contributed by atoms with E-state index in [1.54, 1.807) is 6.20 Å². The zero-order valence-corrected chi connectivity index (χ0v) is 19.4. The minimum Gasteiger partial charge on any atom is -0.445 e. The number of ether oxygens (including phenoxy) is 1. The van der Waals surface area contributed by atoms with Crippen LogP contribution in [-0.2, 0) is 27.4 Å². The predicted octanol–water partition coefficient (Wildman–Crippen LogP) is 3.07. The third-order valence-corrected chi connectivity index (χ3v) is 6.02. The van der Waals surface area contributed by atoms with E-state index in [4.69, 9.17) is 10.5 Å². The molecule has 0 radical (unpaired) electrons. The number of para-hydroxylation sites is 1. The van der Waals surface area contributed by atoms with Gasteiger partial charge in [-0.05, 0) is 17.2 Å². The van der Waals surface area contributed by atoms with Crippen LogP contribution < -0.4 is 16.4 Å². The number of fused-ring (bicyclic) bond motifs is 1. The first-order valence-electron chi connectivity index (χ1n) is 10.6. The number of carbonyl (C=O) groups is 3. The van der Waals surface area contributed by atoms with Gasteiger partial charge in [-0.25, -0.2) is 4.79 Å². The lowest BCUT2D eigenvalue weighted by Crippen LogP contribution is -2.52.